The van der Waals surface area contributed by atoms with E-state index in [9.17, 15) is 35.7 Å². The van der Waals surface area contributed by atoms with Crippen molar-refractivity contribution in [3.63, 3.8) is 0 Å². The van der Waals surface area contributed by atoms with E-state index in [1.165, 1.54) is 19.3 Å². The molecule has 2 aromatic carbocycles. The second kappa shape index (κ2) is 11.0. The molecule has 7 N–H and O–H groups in total. The molecular weight excluding hydrogens is 476 g/mol. The van der Waals surface area contributed by atoms with Gasteiger partial charge >= 0.3 is 0 Å². The number of fused-ring (bicyclic) bond motifs is 1. The van der Waals surface area contributed by atoms with E-state index in [0.717, 1.165) is 0 Å². The molecule has 0 unspecified atom stereocenters. The van der Waals surface area contributed by atoms with E-state index in [1.807, 2.05) is 0 Å². The van der Waals surface area contributed by atoms with Gasteiger partial charge in [-0.25, -0.2) is 0 Å². The molecule has 2 heterocycles. The van der Waals surface area contributed by atoms with E-state index in [4.69, 9.17) is 18.9 Å². The molecule has 11 heteroatoms. The van der Waals surface area contributed by atoms with Crippen LogP contribution in [0.3, 0.4) is 0 Å². The maximum absolute atomic E-state index is 10.4. The molecule has 0 amide bonds. The highest BCUT2D eigenvalue weighted by atomic mass is 16.7. The maximum Gasteiger partial charge on any atom is 0.229 e. The van der Waals surface area contributed by atoms with Crippen LogP contribution in [0.1, 0.15) is 28.7 Å². The fourth-order valence-electron chi connectivity index (χ4n) is 4.45. The number of hydrogen-bond acceptors (Lipinski definition) is 11. The van der Waals surface area contributed by atoms with Crippen LogP contribution in [0.5, 0.6) is 23.0 Å². The van der Waals surface area contributed by atoms with Gasteiger partial charge in [-0.05, 0) is 35.4 Å². The first kappa shape index (κ1) is 26.2. The highest BCUT2D eigenvalue weighted by Gasteiger charge is 2.46. The third-order valence-corrected chi connectivity index (χ3v) is 6.35. The van der Waals surface area contributed by atoms with Gasteiger partial charge in [0.25, 0.3) is 0 Å². The third-order valence-electron chi connectivity index (χ3n) is 6.35. The molecule has 0 aliphatic carbocycles. The number of phenolic OH excluding ortho intramolecular Hbond substituents is 1. The largest absolute Gasteiger partial charge is 0.504 e. The molecule has 1 fully saturated rings. The molecule has 0 aromatic heterocycles. The molecule has 0 saturated carbocycles. The summed E-state index contributed by atoms with van der Waals surface area (Å²) >= 11 is 0. The molecule has 1 saturated heterocycles. The Morgan fingerprint density at radius 2 is 1.72 bits per heavy atom. The lowest BCUT2D eigenvalue weighted by Crippen LogP contribution is -2.60. The lowest BCUT2D eigenvalue weighted by molar-refractivity contribution is -0.277. The minimum Gasteiger partial charge on any atom is -0.504 e. The molecule has 196 valence electrons. The Morgan fingerprint density at radius 1 is 0.944 bits per heavy atom. The van der Waals surface area contributed by atoms with Crippen LogP contribution in [0.4, 0.5) is 0 Å². The average molecular weight is 507 g/mol. The number of rotatable bonds is 8. The van der Waals surface area contributed by atoms with E-state index in [2.05, 4.69) is 0 Å². The topological polar surface area (TPSA) is 179 Å². The summed E-state index contributed by atoms with van der Waals surface area (Å²) < 4.78 is 22.8. The van der Waals surface area contributed by atoms with Gasteiger partial charge in [-0.1, -0.05) is 18.2 Å². The zero-order valence-electron chi connectivity index (χ0n) is 19.5. The van der Waals surface area contributed by atoms with Gasteiger partial charge in [-0.3, -0.25) is 0 Å². The van der Waals surface area contributed by atoms with Crippen molar-refractivity contribution in [1.82, 2.24) is 0 Å². The van der Waals surface area contributed by atoms with Gasteiger partial charge in [-0.2, -0.15) is 0 Å². The monoisotopic (exact) mass is 506 g/mol. The number of methoxy groups -OCH3 is 1. The molecular formula is C25H30O11. The Hall–Kier alpha value is -2.90. The second-order valence-corrected chi connectivity index (χ2v) is 8.60. The van der Waals surface area contributed by atoms with Crippen LogP contribution < -0.4 is 14.2 Å². The normalized spacial score (nSPS) is 29.7. The number of aliphatic hydroxyl groups is 6. The van der Waals surface area contributed by atoms with Gasteiger partial charge in [0, 0.05) is 5.56 Å². The average Bonchev–Trinajstić information content (AvgIpc) is 3.26. The van der Waals surface area contributed by atoms with Crippen molar-refractivity contribution in [2.24, 2.45) is 0 Å². The first-order chi connectivity index (χ1) is 17.3. The number of aliphatic hydroxyl groups excluding tert-OH is 6. The van der Waals surface area contributed by atoms with Crippen molar-refractivity contribution in [1.29, 1.82) is 0 Å². The van der Waals surface area contributed by atoms with E-state index < -0.39 is 49.3 Å². The fourth-order valence-corrected chi connectivity index (χ4v) is 4.45. The summed E-state index contributed by atoms with van der Waals surface area (Å²) in [4.78, 5) is 0. The number of ether oxygens (including phenoxy) is 4. The summed E-state index contributed by atoms with van der Waals surface area (Å²) in [6, 6.07) is 8.03. The van der Waals surface area contributed by atoms with Crippen molar-refractivity contribution in [2.75, 3.05) is 26.9 Å². The number of aromatic hydroxyl groups is 1. The zero-order chi connectivity index (χ0) is 26.0. The van der Waals surface area contributed by atoms with Crippen molar-refractivity contribution in [3.8, 4) is 23.0 Å². The summed E-state index contributed by atoms with van der Waals surface area (Å²) in [7, 11) is 1.42. The third kappa shape index (κ3) is 4.87. The Balaban J connectivity index is 1.73. The lowest BCUT2D eigenvalue weighted by atomic mass is 9.90. The first-order valence-corrected chi connectivity index (χ1v) is 11.4. The van der Waals surface area contributed by atoms with Crippen molar-refractivity contribution >= 4 is 6.08 Å². The lowest BCUT2D eigenvalue weighted by Gasteiger charge is -2.39. The van der Waals surface area contributed by atoms with Gasteiger partial charge in [0.05, 0.1) is 32.8 Å². The van der Waals surface area contributed by atoms with Gasteiger partial charge in [0.1, 0.15) is 30.5 Å². The predicted octanol–water partition coefficient (Wildman–Crippen LogP) is -0.205. The minimum atomic E-state index is -1.64. The molecule has 0 spiro atoms. The summed E-state index contributed by atoms with van der Waals surface area (Å²) in [6.07, 6.45) is -4.98. The summed E-state index contributed by atoms with van der Waals surface area (Å²) in [5.41, 5.74) is 1.79. The highest BCUT2D eigenvalue weighted by molar-refractivity contribution is 5.62. The number of benzene rings is 2. The van der Waals surface area contributed by atoms with Crippen LogP contribution in [0.15, 0.2) is 36.4 Å². The van der Waals surface area contributed by atoms with Crippen molar-refractivity contribution in [3.05, 3.63) is 53.1 Å². The zero-order valence-corrected chi connectivity index (χ0v) is 19.5. The molecule has 11 nitrogen and oxygen atoms in total. The minimum absolute atomic E-state index is 0.0552. The van der Waals surface area contributed by atoms with E-state index in [-0.39, 0.29) is 36.2 Å². The Kier molecular flexibility index (Phi) is 8.00. The predicted molar refractivity (Wildman–Crippen MR) is 125 cm³/mol. The van der Waals surface area contributed by atoms with Crippen LogP contribution in [-0.4, -0.2) is 93.4 Å². The van der Waals surface area contributed by atoms with Gasteiger partial charge < -0.3 is 54.7 Å². The van der Waals surface area contributed by atoms with Crippen molar-refractivity contribution < 1.29 is 54.7 Å². The molecule has 7 atom stereocenters. The summed E-state index contributed by atoms with van der Waals surface area (Å²) in [5, 5.41) is 69.6. The van der Waals surface area contributed by atoms with Crippen LogP contribution in [0, 0.1) is 0 Å². The summed E-state index contributed by atoms with van der Waals surface area (Å²) in [5.74, 6) is -0.00679. The molecule has 36 heavy (non-hydrogen) atoms. The van der Waals surface area contributed by atoms with Crippen LogP contribution in [0.2, 0.25) is 0 Å². The molecule has 2 aliphatic rings. The summed E-state index contributed by atoms with van der Waals surface area (Å²) in [6.45, 7) is -1.13. The standard InChI is InChI=1S/C25H30O11/c1-33-17-9-13(4-5-16(17)29)23-15(10-27)14-7-12(3-2-6-26)8-18(24(14)36-23)34-25-22(32)21(31)20(30)19(11-28)35-25/h2-5,7-9,15,19-23,25-32H,6,10-11H2,1H3/b3-2+/t15-,19+,20+,21-,22+,23+,25+/m0/s1. The smallest absolute Gasteiger partial charge is 0.229 e. The second-order valence-electron chi connectivity index (χ2n) is 8.60. The van der Waals surface area contributed by atoms with E-state index >= 15 is 0 Å². The number of phenols is 1. The molecule has 2 aliphatic heterocycles. The van der Waals surface area contributed by atoms with Gasteiger partial charge in [-0.15, -0.1) is 0 Å². The number of hydrogen-bond donors (Lipinski definition) is 7. The molecule has 2 aromatic rings. The SMILES string of the molecule is COc1cc([C@H]2Oc3c(O[C@@H]4O[C@H](CO)[C@@H](O)[C@H](O)[C@H]4O)cc(/C=C/CO)cc3[C@@H]2CO)ccc1O. The molecule has 0 radical (unpaired) electrons. The fraction of sp³-hybridized carbons (Fsp3) is 0.440. The quantitative estimate of drug-likeness (QED) is 0.252. The highest BCUT2D eigenvalue weighted by Crippen LogP contribution is 2.52. The Morgan fingerprint density at radius 3 is 2.39 bits per heavy atom. The van der Waals surface area contributed by atoms with Crippen LogP contribution in [0.25, 0.3) is 6.08 Å². The Labute approximate surface area is 207 Å². The van der Waals surface area contributed by atoms with Crippen molar-refractivity contribution in [2.45, 2.75) is 42.7 Å². The molecule has 0 bridgehead atoms. The van der Waals surface area contributed by atoms with E-state index in [1.54, 1.807) is 30.3 Å². The maximum atomic E-state index is 10.4. The van der Waals surface area contributed by atoms with Crippen LogP contribution >= 0.6 is 0 Å². The van der Waals surface area contributed by atoms with Gasteiger partial charge in [0.2, 0.25) is 6.29 Å². The molecule has 4 rings (SSSR count). The van der Waals surface area contributed by atoms with Gasteiger partial charge in [0.15, 0.2) is 23.0 Å². The van der Waals surface area contributed by atoms with Crippen LogP contribution in [-0.2, 0) is 4.74 Å². The first-order valence-electron chi connectivity index (χ1n) is 11.4. The van der Waals surface area contributed by atoms with E-state index in [0.29, 0.717) is 16.7 Å². The Bertz CT molecular complexity index is 1090.